The van der Waals surface area contributed by atoms with Crippen LogP contribution >= 0.6 is 23.1 Å². The molecule has 2 aliphatic carbocycles. The second-order valence-corrected chi connectivity index (χ2v) is 9.97. The number of hydrogen-bond acceptors (Lipinski definition) is 8. The Morgan fingerprint density at radius 3 is 2.73 bits per heavy atom. The van der Waals surface area contributed by atoms with Crippen molar-refractivity contribution in [2.75, 3.05) is 16.0 Å². The lowest BCUT2D eigenvalue weighted by molar-refractivity contribution is -0.116. The van der Waals surface area contributed by atoms with Gasteiger partial charge in [0.15, 0.2) is 15.8 Å². The number of aromatic nitrogens is 2. The van der Waals surface area contributed by atoms with Gasteiger partial charge in [-0.2, -0.15) is 0 Å². The maximum Gasteiger partial charge on any atom is 0.251 e. The first-order valence-electron chi connectivity index (χ1n) is 10.1. The van der Waals surface area contributed by atoms with Gasteiger partial charge in [0, 0.05) is 37.6 Å². The molecule has 10 heteroatoms. The van der Waals surface area contributed by atoms with E-state index >= 15 is 0 Å². The van der Waals surface area contributed by atoms with E-state index in [2.05, 4.69) is 15.5 Å². The molecule has 0 radical (unpaired) electrons. The highest BCUT2D eigenvalue weighted by Gasteiger charge is 2.44. The number of nitrogens with zero attached hydrogens (tertiary/aromatic N) is 3. The topological polar surface area (TPSA) is 93.7 Å². The summed E-state index contributed by atoms with van der Waals surface area (Å²) in [4.78, 5) is 25.9. The van der Waals surface area contributed by atoms with Gasteiger partial charge in [0.1, 0.15) is 0 Å². The molecular weight excluding hydrogens is 424 g/mol. The van der Waals surface area contributed by atoms with Crippen LogP contribution in [0.2, 0.25) is 0 Å². The molecule has 0 atom stereocenters. The summed E-state index contributed by atoms with van der Waals surface area (Å²) in [5.41, 5.74) is 0.674. The van der Waals surface area contributed by atoms with E-state index in [0.29, 0.717) is 20.9 Å². The molecule has 2 amide bonds. The molecule has 3 aliphatic rings. The van der Waals surface area contributed by atoms with Crippen molar-refractivity contribution >= 4 is 45.7 Å². The molecule has 158 valence electrons. The van der Waals surface area contributed by atoms with Gasteiger partial charge in [-0.25, -0.2) is 0 Å². The molecule has 1 aromatic carbocycles. The Bertz CT molecular complexity index is 985. The van der Waals surface area contributed by atoms with E-state index < -0.39 is 5.79 Å². The first kappa shape index (κ1) is 19.6. The van der Waals surface area contributed by atoms with Crippen molar-refractivity contribution < 1.29 is 19.1 Å². The van der Waals surface area contributed by atoms with E-state index in [1.165, 1.54) is 23.1 Å². The Kier molecular flexibility index (Phi) is 5.06. The number of anilines is 2. The first-order valence-corrected chi connectivity index (χ1v) is 11.9. The lowest BCUT2D eigenvalue weighted by Crippen LogP contribution is -2.34. The van der Waals surface area contributed by atoms with Crippen LogP contribution in [0.4, 0.5) is 10.8 Å². The van der Waals surface area contributed by atoms with Crippen LogP contribution in [-0.4, -0.2) is 39.6 Å². The maximum atomic E-state index is 12.4. The number of ether oxygens (including phenoxy) is 2. The number of benzene rings is 1. The summed E-state index contributed by atoms with van der Waals surface area (Å²) in [5, 5.41) is 11.7. The maximum absolute atomic E-state index is 12.4. The van der Waals surface area contributed by atoms with Gasteiger partial charge in [0.25, 0.3) is 5.79 Å². The fraction of sp³-hybridized carbons (Fsp3) is 0.500. The molecule has 2 fully saturated rings. The van der Waals surface area contributed by atoms with E-state index in [0.717, 1.165) is 44.3 Å². The number of fused-ring (bicyclic) bond motifs is 1. The predicted octanol–water partition coefficient (Wildman–Crippen LogP) is 3.83. The molecule has 0 unspecified atom stereocenters. The molecule has 1 aromatic heterocycles. The monoisotopic (exact) mass is 446 g/mol. The summed E-state index contributed by atoms with van der Waals surface area (Å²) >= 11 is 2.65. The molecule has 2 aromatic rings. The third-order valence-corrected chi connectivity index (χ3v) is 7.42. The molecule has 8 nitrogen and oxygen atoms in total. The third-order valence-electron chi connectivity index (χ3n) is 5.36. The van der Waals surface area contributed by atoms with Crippen LogP contribution in [0.25, 0.3) is 0 Å². The minimum absolute atomic E-state index is 0.0230. The van der Waals surface area contributed by atoms with Crippen LogP contribution in [0.15, 0.2) is 22.5 Å². The van der Waals surface area contributed by atoms with Crippen molar-refractivity contribution in [3.8, 4) is 11.5 Å². The fourth-order valence-electron chi connectivity index (χ4n) is 3.85. The van der Waals surface area contributed by atoms with E-state index in [1.54, 1.807) is 11.8 Å². The van der Waals surface area contributed by atoms with Crippen LogP contribution < -0.4 is 19.7 Å². The lowest BCUT2D eigenvalue weighted by atomic mass is 10.2. The Labute approximate surface area is 182 Å². The molecule has 1 spiro atoms. The number of carbonyl (C=O) groups excluding carboxylic acids is 2. The highest BCUT2D eigenvalue weighted by atomic mass is 32.2. The minimum atomic E-state index is -0.509. The van der Waals surface area contributed by atoms with E-state index in [9.17, 15) is 9.59 Å². The molecule has 2 heterocycles. The number of rotatable bonds is 6. The zero-order valence-electron chi connectivity index (χ0n) is 16.6. The molecular formula is C20H22N4O4S2. The molecule has 5 rings (SSSR count). The Morgan fingerprint density at radius 2 is 2.00 bits per heavy atom. The predicted molar refractivity (Wildman–Crippen MR) is 114 cm³/mol. The molecule has 1 aliphatic heterocycles. The van der Waals surface area contributed by atoms with Gasteiger partial charge in [-0.3, -0.25) is 14.5 Å². The Morgan fingerprint density at radius 1 is 1.23 bits per heavy atom. The van der Waals surface area contributed by atoms with Crippen molar-refractivity contribution in [3.63, 3.8) is 0 Å². The number of thioether (sulfide) groups is 1. The van der Waals surface area contributed by atoms with Gasteiger partial charge in [-0.15, -0.1) is 10.2 Å². The summed E-state index contributed by atoms with van der Waals surface area (Å²) in [6.45, 7) is 1.54. The number of carbonyl (C=O) groups is 2. The van der Waals surface area contributed by atoms with E-state index in [4.69, 9.17) is 9.47 Å². The van der Waals surface area contributed by atoms with E-state index in [-0.39, 0.29) is 23.6 Å². The number of amides is 2. The number of hydrogen-bond donors (Lipinski definition) is 1. The summed E-state index contributed by atoms with van der Waals surface area (Å²) < 4.78 is 12.7. The lowest BCUT2D eigenvalue weighted by Gasteiger charge is -2.21. The smallest absolute Gasteiger partial charge is 0.251 e. The Balaban J connectivity index is 1.16. The highest BCUT2D eigenvalue weighted by molar-refractivity contribution is 8.01. The quantitative estimate of drug-likeness (QED) is 0.532. The molecule has 30 heavy (non-hydrogen) atoms. The molecule has 2 saturated carbocycles. The van der Waals surface area contributed by atoms with Crippen molar-refractivity contribution in [1.82, 2.24) is 10.2 Å². The first-order chi connectivity index (χ1) is 14.5. The van der Waals surface area contributed by atoms with Gasteiger partial charge in [-0.1, -0.05) is 23.1 Å². The van der Waals surface area contributed by atoms with Gasteiger partial charge in [0.2, 0.25) is 16.9 Å². The summed E-state index contributed by atoms with van der Waals surface area (Å²) in [7, 11) is 0. The van der Waals surface area contributed by atoms with Gasteiger partial charge >= 0.3 is 0 Å². The van der Waals surface area contributed by atoms with Crippen molar-refractivity contribution in [2.45, 2.75) is 61.6 Å². The standard InChI is InChI=1S/C20H22N4O4S2/c1-12(25)24(14-5-6-14)18-22-23-19(30-18)29-11-17(26)21-13-4-7-15-16(10-13)28-20(27-15)8-2-3-9-20/h4,7,10,14H,2-3,5-6,8-9,11H2,1H3,(H,21,26). The molecule has 0 bridgehead atoms. The van der Waals surface area contributed by atoms with Crippen molar-refractivity contribution in [3.05, 3.63) is 18.2 Å². The summed E-state index contributed by atoms with van der Waals surface area (Å²) in [6, 6.07) is 5.72. The Hall–Kier alpha value is -2.33. The molecule has 1 N–H and O–H groups in total. The van der Waals surface area contributed by atoms with Crippen LogP contribution in [0, 0.1) is 0 Å². The van der Waals surface area contributed by atoms with Crippen LogP contribution in [0.5, 0.6) is 11.5 Å². The SMILES string of the molecule is CC(=O)N(c1nnc(SCC(=O)Nc2ccc3c(c2)OC2(CCCC2)O3)s1)C1CC1. The fourth-order valence-corrected chi connectivity index (χ4v) is 5.61. The minimum Gasteiger partial charge on any atom is -0.448 e. The van der Waals surface area contributed by atoms with Crippen molar-refractivity contribution in [1.29, 1.82) is 0 Å². The highest BCUT2D eigenvalue weighted by Crippen LogP contribution is 2.47. The van der Waals surface area contributed by atoms with Crippen LogP contribution in [0.1, 0.15) is 45.4 Å². The largest absolute Gasteiger partial charge is 0.448 e. The summed E-state index contributed by atoms with van der Waals surface area (Å²) in [5.74, 6) is 0.944. The second-order valence-electron chi connectivity index (χ2n) is 7.79. The zero-order chi connectivity index (χ0) is 20.7. The average molecular weight is 447 g/mol. The van der Waals surface area contributed by atoms with Crippen LogP contribution in [-0.2, 0) is 9.59 Å². The second kappa shape index (κ2) is 7.73. The van der Waals surface area contributed by atoms with Gasteiger partial charge < -0.3 is 14.8 Å². The number of nitrogens with one attached hydrogen (secondary N) is 1. The van der Waals surface area contributed by atoms with Crippen LogP contribution in [0.3, 0.4) is 0 Å². The van der Waals surface area contributed by atoms with Gasteiger partial charge in [-0.05, 0) is 37.8 Å². The zero-order valence-corrected chi connectivity index (χ0v) is 18.2. The molecule has 0 saturated heterocycles. The third kappa shape index (κ3) is 3.98. The van der Waals surface area contributed by atoms with Gasteiger partial charge in [0.05, 0.1) is 5.75 Å². The van der Waals surface area contributed by atoms with E-state index in [1.807, 2.05) is 18.2 Å². The summed E-state index contributed by atoms with van der Waals surface area (Å²) in [6.07, 6.45) is 6.00. The van der Waals surface area contributed by atoms with Crippen molar-refractivity contribution in [2.24, 2.45) is 0 Å². The average Bonchev–Trinajstić information content (AvgIpc) is 3.12. The normalized spacial score (nSPS) is 18.6.